The summed E-state index contributed by atoms with van der Waals surface area (Å²) in [6, 6.07) is 10.1. The van der Waals surface area contributed by atoms with Gasteiger partial charge in [-0.05, 0) is 11.6 Å². The number of hydrogen-bond donors (Lipinski definition) is 1. The van der Waals surface area contributed by atoms with Crippen LogP contribution < -0.4 is 10.1 Å². The summed E-state index contributed by atoms with van der Waals surface area (Å²) in [5.41, 5.74) is 1.75. The van der Waals surface area contributed by atoms with Crippen LogP contribution in [0.5, 0.6) is 5.88 Å². The Labute approximate surface area is 110 Å². The highest BCUT2D eigenvalue weighted by molar-refractivity contribution is 5.43. The van der Waals surface area contributed by atoms with Gasteiger partial charge in [-0.25, -0.2) is 4.98 Å². The fourth-order valence-corrected chi connectivity index (χ4v) is 1.59. The average molecular weight is 259 g/mol. The minimum absolute atomic E-state index is 0.0900. The summed E-state index contributed by atoms with van der Waals surface area (Å²) in [6.45, 7) is 0.496. The molecule has 2 rings (SSSR count). The van der Waals surface area contributed by atoms with Crippen molar-refractivity contribution in [2.45, 2.75) is 6.54 Å². The van der Waals surface area contributed by atoms with E-state index in [1.165, 1.54) is 6.07 Å². The SMILES string of the molecule is COc1ccc(NCc2cccc([N+](=O)[O-])c2)cn1. The Morgan fingerprint density at radius 3 is 2.84 bits per heavy atom. The van der Waals surface area contributed by atoms with Gasteiger partial charge in [0, 0.05) is 24.7 Å². The smallest absolute Gasteiger partial charge is 0.269 e. The molecule has 1 N–H and O–H groups in total. The van der Waals surface area contributed by atoms with Gasteiger partial charge in [-0.3, -0.25) is 10.1 Å². The monoisotopic (exact) mass is 259 g/mol. The number of methoxy groups -OCH3 is 1. The first-order valence-corrected chi connectivity index (χ1v) is 5.66. The van der Waals surface area contributed by atoms with Crippen molar-refractivity contribution in [2.75, 3.05) is 12.4 Å². The molecule has 1 heterocycles. The molecule has 0 amide bonds. The number of anilines is 1. The average Bonchev–Trinajstić information content (AvgIpc) is 2.46. The second-order valence-electron chi connectivity index (χ2n) is 3.87. The first-order chi connectivity index (χ1) is 9.19. The minimum Gasteiger partial charge on any atom is -0.481 e. The maximum atomic E-state index is 10.7. The first-order valence-electron chi connectivity index (χ1n) is 5.66. The van der Waals surface area contributed by atoms with E-state index in [0.29, 0.717) is 12.4 Å². The largest absolute Gasteiger partial charge is 0.481 e. The molecular formula is C13H13N3O3. The summed E-state index contributed by atoms with van der Waals surface area (Å²) in [5.74, 6) is 0.542. The second-order valence-corrected chi connectivity index (χ2v) is 3.87. The van der Waals surface area contributed by atoms with Gasteiger partial charge in [0.15, 0.2) is 0 Å². The van der Waals surface area contributed by atoms with Crippen LogP contribution >= 0.6 is 0 Å². The van der Waals surface area contributed by atoms with E-state index in [0.717, 1.165) is 11.3 Å². The van der Waals surface area contributed by atoms with E-state index in [9.17, 15) is 10.1 Å². The minimum atomic E-state index is -0.404. The van der Waals surface area contributed by atoms with Gasteiger partial charge in [0.25, 0.3) is 5.69 Å². The van der Waals surface area contributed by atoms with Crippen molar-refractivity contribution in [3.05, 3.63) is 58.3 Å². The number of benzene rings is 1. The predicted octanol–water partition coefficient (Wildman–Crippen LogP) is 2.61. The number of aromatic nitrogens is 1. The van der Waals surface area contributed by atoms with Gasteiger partial charge in [0.2, 0.25) is 5.88 Å². The van der Waals surface area contributed by atoms with E-state index in [2.05, 4.69) is 10.3 Å². The Balaban J connectivity index is 2.01. The van der Waals surface area contributed by atoms with Crippen molar-refractivity contribution >= 4 is 11.4 Å². The second kappa shape index (κ2) is 5.81. The predicted molar refractivity (Wildman–Crippen MR) is 71.2 cm³/mol. The zero-order valence-electron chi connectivity index (χ0n) is 10.4. The molecule has 0 saturated heterocycles. The molecule has 0 atom stereocenters. The number of ether oxygens (including phenoxy) is 1. The molecule has 0 radical (unpaired) electrons. The fourth-order valence-electron chi connectivity index (χ4n) is 1.59. The summed E-state index contributed by atoms with van der Waals surface area (Å²) in [6.07, 6.45) is 1.65. The normalized spacial score (nSPS) is 9.95. The molecule has 6 heteroatoms. The number of non-ortho nitro benzene ring substituents is 1. The van der Waals surface area contributed by atoms with E-state index in [1.54, 1.807) is 31.5 Å². The van der Waals surface area contributed by atoms with Crippen molar-refractivity contribution in [3.8, 4) is 5.88 Å². The lowest BCUT2D eigenvalue weighted by Gasteiger charge is -2.06. The lowest BCUT2D eigenvalue weighted by Crippen LogP contribution is -2.00. The summed E-state index contributed by atoms with van der Waals surface area (Å²) in [5, 5.41) is 13.8. The summed E-state index contributed by atoms with van der Waals surface area (Å²) >= 11 is 0. The van der Waals surface area contributed by atoms with Crippen LogP contribution in [0, 0.1) is 10.1 Å². The number of pyridine rings is 1. The van der Waals surface area contributed by atoms with Crippen LogP contribution in [0.25, 0.3) is 0 Å². The van der Waals surface area contributed by atoms with Gasteiger partial charge in [0.1, 0.15) is 0 Å². The van der Waals surface area contributed by atoms with Crippen molar-refractivity contribution in [1.82, 2.24) is 4.98 Å². The number of nitrogens with zero attached hydrogens (tertiary/aromatic N) is 2. The van der Waals surface area contributed by atoms with E-state index < -0.39 is 4.92 Å². The zero-order valence-corrected chi connectivity index (χ0v) is 10.4. The number of nitrogens with one attached hydrogen (secondary N) is 1. The van der Waals surface area contributed by atoms with Crippen molar-refractivity contribution in [3.63, 3.8) is 0 Å². The van der Waals surface area contributed by atoms with Gasteiger partial charge >= 0.3 is 0 Å². The van der Waals surface area contributed by atoms with E-state index in [-0.39, 0.29) is 5.69 Å². The Kier molecular flexibility index (Phi) is 3.92. The molecule has 1 aromatic heterocycles. The molecule has 0 aliphatic carbocycles. The Bertz CT molecular complexity index is 570. The molecule has 0 aliphatic rings. The van der Waals surface area contributed by atoms with Crippen LogP contribution in [0.2, 0.25) is 0 Å². The molecule has 2 aromatic rings. The Hall–Kier alpha value is -2.63. The Morgan fingerprint density at radius 1 is 1.37 bits per heavy atom. The van der Waals surface area contributed by atoms with Gasteiger partial charge in [0.05, 0.1) is 23.9 Å². The van der Waals surface area contributed by atoms with E-state index in [4.69, 9.17) is 4.74 Å². The highest BCUT2D eigenvalue weighted by Gasteiger charge is 2.05. The number of nitro groups is 1. The Morgan fingerprint density at radius 2 is 2.21 bits per heavy atom. The summed E-state index contributed by atoms with van der Waals surface area (Å²) in [4.78, 5) is 14.3. The highest BCUT2D eigenvalue weighted by Crippen LogP contribution is 2.15. The third-order valence-corrected chi connectivity index (χ3v) is 2.56. The zero-order chi connectivity index (χ0) is 13.7. The first kappa shape index (κ1) is 12.8. The molecule has 0 saturated carbocycles. The summed E-state index contributed by atoms with van der Waals surface area (Å²) in [7, 11) is 1.55. The van der Waals surface area contributed by atoms with Gasteiger partial charge < -0.3 is 10.1 Å². The molecule has 0 spiro atoms. The molecule has 1 aromatic carbocycles. The van der Waals surface area contributed by atoms with Crippen molar-refractivity contribution < 1.29 is 9.66 Å². The standard InChI is InChI=1S/C13H13N3O3/c1-19-13-6-5-11(9-15-13)14-8-10-3-2-4-12(7-10)16(17)18/h2-7,9,14H,8H2,1H3. The van der Waals surface area contributed by atoms with E-state index in [1.807, 2.05) is 12.1 Å². The third kappa shape index (κ3) is 3.41. The maximum absolute atomic E-state index is 10.7. The highest BCUT2D eigenvalue weighted by atomic mass is 16.6. The number of nitro benzene ring substituents is 1. The molecular weight excluding hydrogens is 246 g/mol. The van der Waals surface area contributed by atoms with E-state index >= 15 is 0 Å². The molecule has 0 aliphatic heterocycles. The van der Waals surface area contributed by atoms with Gasteiger partial charge in [-0.15, -0.1) is 0 Å². The lowest BCUT2D eigenvalue weighted by atomic mass is 10.2. The third-order valence-electron chi connectivity index (χ3n) is 2.56. The number of hydrogen-bond acceptors (Lipinski definition) is 5. The molecule has 6 nitrogen and oxygen atoms in total. The molecule has 0 bridgehead atoms. The molecule has 19 heavy (non-hydrogen) atoms. The van der Waals surface area contributed by atoms with Crippen molar-refractivity contribution in [1.29, 1.82) is 0 Å². The lowest BCUT2D eigenvalue weighted by molar-refractivity contribution is -0.384. The number of rotatable bonds is 5. The van der Waals surface area contributed by atoms with Gasteiger partial charge in [-0.1, -0.05) is 12.1 Å². The van der Waals surface area contributed by atoms with Crippen LogP contribution in [0.1, 0.15) is 5.56 Å². The van der Waals surface area contributed by atoms with Crippen LogP contribution in [0.15, 0.2) is 42.6 Å². The quantitative estimate of drug-likeness (QED) is 0.659. The van der Waals surface area contributed by atoms with Crippen molar-refractivity contribution in [2.24, 2.45) is 0 Å². The van der Waals surface area contributed by atoms with Crippen LogP contribution in [-0.4, -0.2) is 17.0 Å². The van der Waals surface area contributed by atoms with Gasteiger partial charge in [-0.2, -0.15) is 0 Å². The fraction of sp³-hybridized carbons (Fsp3) is 0.154. The molecule has 0 fully saturated rings. The molecule has 0 unspecified atom stereocenters. The van der Waals surface area contributed by atoms with Crippen LogP contribution in [0.3, 0.4) is 0 Å². The summed E-state index contributed by atoms with van der Waals surface area (Å²) < 4.78 is 4.96. The van der Waals surface area contributed by atoms with Crippen LogP contribution in [0.4, 0.5) is 11.4 Å². The maximum Gasteiger partial charge on any atom is 0.269 e. The molecule has 98 valence electrons. The topological polar surface area (TPSA) is 77.3 Å². The van der Waals surface area contributed by atoms with Crippen LogP contribution in [-0.2, 0) is 6.54 Å².